The second-order valence-electron chi connectivity index (χ2n) is 9.87. The molecule has 1 aliphatic heterocycles. The quantitative estimate of drug-likeness (QED) is 0.121. The molecular weight excluding hydrogens is 537 g/mol. The normalized spacial score (nSPS) is 12.4. The predicted octanol–water partition coefficient (Wildman–Crippen LogP) is 2.87. The fraction of sp³-hybridized carbons (Fsp3) is 0.310. The summed E-state index contributed by atoms with van der Waals surface area (Å²) in [6, 6.07) is 17.5. The molecule has 12 heteroatoms. The Bertz CT molecular complexity index is 1360. The Morgan fingerprint density at radius 1 is 0.854 bits per heavy atom. The molecule has 0 unspecified atom stereocenters. The van der Waals surface area contributed by atoms with Gasteiger partial charge in [-0.25, -0.2) is 0 Å². The number of aryl methyl sites for hydroxylation is 1. The van der Waals surface area contributed by atoms with Crippen molar-refractivity contribution < 1.29 is 14.6 Å². The van der Waals surface area contributed by atoms with Gasteiger partial charge >= 0.3 is 7.05 Å². The van der Waals surface area contributed by atoms with E-state index in [2.05, 4.69) is 36.9 Å². The van der Waals surface area contributed by atoms with E-state index in [1.165, 1.54) is 11.3 Å². The average Bonchev–Trinajstić information content (AvgIpc) is 3.39. The monoisotopic (exact) mass is 573 g/mol. The van der Waals surface area contributed by atoms with Crippen LogP contribution < -0.4 is 26.7 Å². The number of rotatable bonds is 15. The maximum atomic E-state index is 12.5. The number of hydrazine groups is 1. The zero-order valence-corrected chi connectivity index (χ0v) is 24.0. The highest BCUT2D eigenvalue weighted by molar-refractivity contribution is 7.15. The number of allylic oxidation sites excluding steroid dienone is 3. The maximum Gasteiger partial charge on any atom is 0.373 e. The number of benzene rings is 2. The molecule has 1 aliphatic rings. The largest absolute Gasteiger partial charge is 0.437 e. The number of hydrogen-bond donors (Lipinski definition) is 6. The van der Waals surface area contributed by atoms with Gasteiger partial charge in [0.2, 0.25) is 16.9 Å². The number of amides is 2. The molecule has 4 rings (SSSR count). The first-order valence-electron chi connectivity index (χ1n) is 13.8. The van der Waals surface area contributed by atoms with Crippen molar-refractivity contribution in [2.75, 3.05) is 11.9 Å². The fourth-order valence-electron chi connectivity index (χ4n) is 4.28. The van der Waals surface area contributed by atoms with Gasteiger partial charge in [-0.2, -0.15) is 0 Å². The number of nitrogens with zero attached hydrogens (tertiary/aromatic N) is 2. The molecule has 214 valence electrons. The summed E-state index contributed by atoms with van der Waals surface area (Å²) in [6.07, 6.45) is 8.71. The number of hydrogen-bond acceptors (Lipinski definition) is 9. The molecule has 0 spiro atoms. The lowest BCUT2D eigenvalue weighted by Crippen LogP contribution is -2.41. The van der Waals surface area contributed by atoms with Gasteiger partial charge < -0.3 is 26.3 Å². The van der Waals surface area contributed by atoms with Crippen molar-refractivity contribution in [3.63, 3.8) is 0 Å². The van der Waals surface area contributed by atoms with Crippen molar-refractivity contribution in [2.45, 2.75) is 51.8 Å². The number of aromatic nitrogens is 2. The first-order valence-corrected chi connectivity index (χ1v) is 14.6. The van der Waals surface area contributed by atoms with Crippen LogP contribution >= 0.6 is 11.3 Å². The zero-order valence-electron chi connectivity index (χ0n) is 23.2. The SMILES string of the molecule is CB(O)NCCc1cccc(CC(=O)Nc2nnc(CCCCC3=CC=C(NC(=O)Cc4ccccc4)NN3)s2)c1. The van der Waals surface area contributed by atoms with Gasteiger partial charge in [-0.05, 0) is 67.9 Å². The minimum Gasteiger partial charge on any atom is -0.437 e. The van der Waals surface area contributed by atoms with Gasteiger partial charge in [-0.15, -0.1) is 10.2 Å². The molecule has 0 radical (unpaired) electrons. The topological polar surface area (TPSA) is 140 Å². The number of anilines is 1. The Labute approximate surface area is 244 Å². The number of unbranched alkanes of at least 4 members (excludes halogenated alkanes) is 1. The molecule has 41 heavy (non-hydrogen) atoms. The predicted molar refractivity (Wildman–Crippen MR) is 163 cm³/mol. The molecule has 2 heterocycles. The maximum absolute atomic E-state index is 12.5. The van der Waals surface area contributed by atoms with Crippen molar-refractivity contribution >= 4 is 35.3 Å². The van der Waals surface area contributed by atoms with Crippen LogP contribution in [-0.2, 0) is 35.3 Å². The smallest absolute Gasteiger partial charge is 0.373 e. The van der Waals surface area contributed by atoms with Crippen LogP contribution in [0.15, 0.2) is 78.3 Å². The van der Waals surface area contributed by atoms with E-state index in [-0.39, 0.29) is 18.2 Å². The Kier molecular flexibility index (Phi) is 11.5. The highest BCUT2D eigenvalue weighted by Gasteiger charge is 2.12. The first kappa shape index (κ1) is 30.0. The van der Waals surface area contributed by atoms with Crippen molar-refractivity contribution in [1.82, 2.24) is 31.6 Å². The number of carbonyl (C=O) groups excluding carboxylic acids is 2. The minimum atomic E-state index is -0.539. The molecular formula is C29H36BN7O3S. The van der Waals surface area contributed by atoms with Gasteiger partial charge in [0.25, 0.3) is 0 Å². The molecule has 2 amide bonds. The van der Waals surface area contributed by atoms with Crippen molar-refractivity contribution in [2.24, 2.45) is 0 Å². The fourth-order valence-corrected chi connectivity index (χ4v) is 5.07. The average molecular weight is 574 g/mol. The van der Waals surface area contributed by atoms with E-state index < -0.39 is 7.05 Å². The third kappa shape index (κ3) is 10.8. The minimum absolute atomic E-state index is 0.0757. The lowest BCUT2D eigenvalue weighted by atomic mass is 9.88. The van der Waals surface area contributed by atoms with Crippen LogP contribution in [0.4, 0.5) is 5.13 Å². The summed E-state index contributed by atoms with van der Waals surface area (Å²) in [4.78, 5) is 24.8. The molecule has 2 aromatic carbocycles. The molecule has 0 fully saturated rings. The second kappa shape index (κ2) is 15.7. The Balaban J connectivity index is 1.13. The molecule has 10 nitrogen and oxygen atoms in total. The molecule has 3 aromatic rings. The molecule has 0 aliphatic carbocycles. The van der Waals surface area contributed by atoms with Gasteiger partial charge in [0, 0.05) is 12.1 Å². The highest BCUT2D eigenvalue weighted by atomic mass is 32.1. The van der Waals surface area contributed by atoms with Crippen molar-refractivity contribution in [3.05, 3.63) is 100.0 Å². The zero-order chi connectivity index (χ0) is 28.9. The summed E-state index contributed by atoms with van der Waals surface area (Å²) in [5.74, 6) is 0.419. The summed E-state index contributed by atoms with van der Waals surface area (Å²) < 4.78 is 0. The lowest BCUT2D eigenvalue weighted by molar-refractivity contribution is -0.120. The van der Waals surface area contributed by atoms with Crippen LogP contribution in [-0.4, -0.2) is 40.6 Å². The van der Waals surface area contributed by atoms with E-state index in [1.807, 2.05) is 66.7 Å². The lowest BCUT2D eigenvalue weighted by Gasteiger charge is -2.20. The van der Waals surface area contributed by atoms with Crippen LogP contribution in [0.5, 0.6) is 0 Å². The van der Waals surface area contributed by atoms with Crippen LogP contribution in [0, 0.1) is 0 Å². The summed E-state index contributed by atoms with van der Waals surface area (Å²) >= 11 is 1.40. The summed E-state index contributed by atoms with van der Waals surface area (Å²) in [7, 11) is -0.539. The Morgan fingerprint density at radius 2 is 1.59 bits per heavy atom. The van der Waals surface area contributed by atoms with E-state index in [1.54, 1.807) is 6.82 Å². The van der Waals surface area contributed by atoms with E-state index in [0.717, 1.165) is 59.5 Å². The van der Waals surface area contributed by atoms with Gasteiger partial charge in [0.1, 0.15) is 10.8 Å². The van der Waals surface area contributed by atoms with Gasteiger partial charge in [-0.3, -0.25) is 15.0 Å². The van der Waals surface area contributed by atoms with E-state index in [0.29, 0.717) is 23.9 Å². The van der Waals surface area contributed by atoms with Crippen LogP contribution in [0.2, 0.25) is 6.82 Å². The molecule has 0 saturated heterocycles. The molecule has 0 saturated carbocycles. The van der Waals surface area contributed by atoms with Crippen molar-refractivity contribution in [1.29, 1.82) is 0 Å². The van der Waals surface area contributed by atoms with E-state index in [9.17, 15) is 14.6 Å². The molecule has 1 aromatic heterocycles. The third-order valence-electron chi connectivity index (χ3n) is 6.30. The molecule has 0 atom stereocenters. The first-order chi connectivity index (χ1) is 19.9. The standard InChI is InChI=1S/C29H36BN7O3S/c1-30(40)31-17-16-22-10-7-11-23(18-22)20-27(39)33-29-37-36-28(41-29)13-6-5-12-24-14-15-25(35-34-24)32-26(38)19-21-8-3-2-4-9-21/h2-4,7-11,14-15,18,31,34-35,40H,5-6,12-13,16-17,19-20H2,1H3,(H,32,38)(H,33,37,39). The van der Waals surface area contributed by atoms with Crippen LogP contribution in [0.25, 0.3) is 0 Å². The second-order valence-corrected chi connectivity index (χ2v) is 10.9. The Morgan fingerprint density at radius 3 is 2.37 bits per heavy atom. The summed E-state index contributed by atoms with van der Waals surface area (Å²) in [6.45, 7) is 2.36. The van der Waals surface area contributed by atoms with Crippen LogP contribution in [0.1, 0.15) is 41.0 Å². The van der Waals surface area contributed by atoms with Gasteiger partial charge in [0.15, 0.2) is 0 Å². The van der Waals surface area contributed by atoms with Gasteiger partial charge in [0.05, 0.1) is 12.8 Å². The summed E-state index contributed by atoms with van der Waals surface area (Å²) in [5, 5.41) is 27.8. The highest BCUT2D eigenvalue weighted by Crippen LogP contribution is 2.19. The third-order valence-corrected chi connectivity index (χ3v) is 7.20. The Hall–Kier alpha value is -4.00. The molecule has 0 bridgehead atoms. The molecule has 6 N–H and O–H groups in total. The van der Waals surface area contributed by atoms with Gasteiger partial charge in [-0.1, -0.05) is 65.9 Å². The van der Waals surface area contributed by atoms with E-state index in [4.69, 9.17) is 0 Å². The number of nitrogens with one attached hydrogen (secondary N) is 5. The van der Waals surface area contributed by atoms with Crippen LogP contribution in [0.3, 0.4) is 0 Å². The van der Waals surface area contributed by atoms with Crippen molar-refractivity contribution in [3.8, 4) is 0 Å². The van der Waals surface area contributed by atoms with E-state index >= 15 is 0 Å². The number of carbonyl (C=O) groups is 2. The summed E-state index contributed by atoms with van der Waals surface area (Å²) in [5.41, 5.74) is 10.2.